The number of nitrogens with two attached hydrogens (primary N) is 1. The third kappa shape index (κ3) is 3.31. The van der Waals surface area contributed by atoms with Gasteiger partial charge in [0.15, 0.2) is 5.82 Å². The highest BCUT2D eigenvalue weighted by molar-refractivity contribution is 7.99. The number of hydrogen-bond donors (Lipinski definition) is 1. The van der Waals surface area contributed by atoms with Gasteiger partial charge in [-0.1, -0.05) is 30.0 Å². The van der Waals surface area contributed by atoms with Crippen molar-refractivity contribution in [3.8, 4) is 17.1 Å². The molecule has 2 aromatic carbocycles. The van der Waals surface area contributed by atoms with E-state index >= 15 is 0 Å². The molecular formula is C20H21N5O2S. The molecular weight excluding hydrogens is 374 g/mol. The minimum atomic E-state index is 0.0384. The predicted molar refractivity (Wildman–Crippen MR) is 110 cm³/mol. The van der Waals surface area contributed by atoms with Crippen molar-refractivity contribution in [1.82, 2.24) is 14.9 Å². The fourth-order valence-electron chi connectivity index (χ4n) is 3.45. The van der Waals surface area contributed by atoms with E-state index in [1.165, 1.54) is 22.0 Å². The molecule has 28 heavy (non-hydrogen) atoms. The molecule has 1 amide bonds. The van der Waals surface area contributed by atoms with Crippen LogP contribution in [0.25, 0.3) is 11.4 Å². The van der Waals surface area contributed by atoms with Crippen LogP contribution in [0.5, 0.6) is 5.75 Å². The van der Waals surface area contributed by atoms with Gasteiger partial charge < -0.3 is 15.5 Å². The van der Waals surface area contributed by atoms with E-state index in [4.69, 9.17) is 10.6 Å². The second-order valence-electron chi connectivity index (χ2n) is 6.64. The second-order valence-corrected chi connectivity index (χ2v) is 7.58. The predicted octanol–water partition coefficient (Wildman–Crippen LogP) is 2.74. The molecule has 0 unspecified atom stereocenters. The van der Waals surface area contributed by atoms with Crippen molar-refractivity contribution >= 4 is 23.4 Å². The molecule has 4 rings (SSSR count). The van der Waals surface area contributed by atoms with Crippen LogP contribution in [0.3, 0.4) is 0 Å². The molecule has 2 N–H and O–H groups in total. The van der Waals surface area contributed by atoms with Crippen molar-refractivity contribution in [2.24, 2.45) is 0 Å². The van der Waals surface area contributed by atoms with Crippen LogP contribution in [0.4, 0.5) is 5.69 Å². The molecule has 1 aromatic heterocycles. The first-order valence-electron chi connectivity index (χ1n) is 8.96. The highest BCUT2D eigenvalue weighted by atomic mass is 32.2. The maximum absolute atomic E-state index is 12.8. The molecule has 2 heterocycles. The number of thioether (sulfide) groups is 1. The van der Waals surface area contributed by atoms with Crippen molar-refractivity contribution in [3.05, 3.63) is 54.1 Å². The number of amides is 1. The number of carbonyl (C=O) groups excluding carboxylic acids is 1. The molecule has 1 atom stereocenters. The van der Waals surface area contributed by atoms with Crippen LogP contribution in [0.2, 0.25) is 0 Å². The normalized spacial score (nSPS) is 15.5. The van der Waals surface area contributed by atoms with E-state index in [9.17, 15) is 4.79 Å². The van der Waals surface area contributed by atoms with E-state index in [-0.39, 0.29) is 17.7 Å². The average molecular weight is 395 g/mol. The summed E-state index contributed by atoms with van der Waals surface area (Å²) in [5.74, 6) is 7.75. The van der Waals surface area contributed by atoms with Gasteiger partial charge in [-0.25, -0.2) is 4.68 Å². The number of aromatic nitrogens is 3. The average Bonchev–Trinajstić information content (AvgIpc) is 3.25. The summed E-state index contributed by atoms with van der Waals surface area (Å²) in [4.78, 5) is 14.7. The second kappa shape index (κ2) is 7.55. The van der Waals surface area contributed by atoms with E-state index in [0.717, 1.165) is 23.4 Å². The molecule has 8 heteroatoms. The molecule has 3 aromatic rings. The van der Waals surface area contributed by atoms with Crippen LogP contribution in [0.15, 0.2) is 53.7 Å². The number of methoxy groups -OCH3 is 1. The summed E-state index contributed by atoms with van der Waals surface area (Å²) in [6, 6.07) is 15.6. The van der Waals surface area contributed by atoms with Crippen molar-refractivity contribution in [2.75, 3.05) is 23.6 Å². The summed E-state index contributed by atoms with van der Waals surface area (Å²) in [6.45, 7) is 2.07. The maximum atomic E-state index is 12.8. The Kier molecular flexibility index (Phi) is 4.95. The Hall–Kier alpha value is -3.00. The highest BCUT2D eigenvalue weighted by Crippen LogP contribution is 2.33. The molecule has 1 aliphatic heterocycles. The van der Waals surface area contributed by atoms with Gasteiger partial charge in [-0.05, 0) is 49.2 Å². The van der Waals surface area contributed by atoms with Gasteiger partial charge >= 0.3 is 0 Å². The Morgan fingerprint density at radius 2 is 1.96 bits per heavy atom. The van der Waals surface area contributed by atoms with Crippen LogP contribution >= 0.6 is 11.8 Å². The SMILES string of the molecule is COc1ccc(-c2nnc(SCC(=O)N3c4ccccc4C[C@H]3C)n2N)cc1. The standard InChI is InChI=1S/C20H21N5O2S/c1-13-11-15-5-3-4-6-17(15)24(13)18(26)12-28-20-23-22-19(25(20)21)14-7-9-16(27-2)10-8-14/h3-10,13H,11-12,21H2,1-2H3/t13-/m1/s1. The van der Waals surface area contributed by atoms with Gasteiger partial charge in [-0.2, -0.15) is 0 Å². The summed E-state index contributed by atoms with van der Waals surface area (Å²) in [5, 5.41) is 8.81. The number of benzene rings is 2. The van der Waals surface area contributed by atoms with Gasteiger partial charge in [0.2, 0.25) is 11.1 Å². The largest absolute Gasteiger partial charge is 0.497 e. The van der Waals surface area contributed by atoms with E-state index in [1.54, 1.807) is 7.11 Å². The summed E-state index contributed by atoms with van der Waals surface area (Å²) in [6.07, 6.45) is 0.876. The highest BCUT2D eigenvalue weighted by Gasteiger charge is 2.30. The van der Waals surface area contributed by atoms with Crippen LogP contribution < -0.4 is 15.5 Å². The van der Waals surface area contributed by atoms with Crippen LogP contribution in [0.1, 0.15) is 12.5 Å². The third-order valence-electron chi connectivity index (χ3n) is 4.81. The lowest BCUT2D eigenvalue weighted by atomic mass is 10.1. The maximum Gasteiger partial charge on any atom is 0.237 e. The van der Waals surface area contributed by atoms with Crippen molar-refractivity contribution in [1.29, 1.82) is 0 Å². The molecule has 0 bridgehead atoms. The van der Waals surface area contributed by atoms with Crippen molar-refractivity contribution < 1.29 is 9.53 Å². The number of nitrogens with zero attached hydrogens (tertiary/aromatic N) is 4. The topological polar surface area (TPSA) is 86.3 Å². The van der Waals surface area contributed by atoms with Crippen molar-refractivity contribution in [3.63, 3.8) is 0 Å². The zero-order valence-electron chi connectivity index (χ0n) is 15.7. The lowest BCUT2D eigenvalue weighted by molar-refractivity contribution is -0.116. The van der Waals surface area contributed by atoms with Crippen LogP contribution in [-0.2, 0) is 11.2 Å². The monoisotopic (exact) mass is 395 g/mol. The number of hydrogen-bond acceptors (Lipinski definition) is 6. The summed E-state index contributed by atoms with van der Waals surface area (Å²) in [5.41, 5.74) is 3.03. The van der Waals surface area contributed by atoms with Crippen molar-refractivity contribution in [2.45, 2.75) is 24.5 Å². The van der Waals surface area contributed by atoms with Gasteiger partial charge in [0, 0.05) is 17.3 Å². The molecule has 0 aliphatic carbocycles. The number of anilines is 1. The number of rotatable bonds is 5. The molecule has 0 saturated heterocycles. The number of para-hydroxylation sites is 1. The number of carbonyl (C=O) groups is 1. The molecule has 1 aliphatic rings. The Morgan fingerprint density at radius 3 is 2.71 bits per heavy atom. The Morgan fingerprint density at radius 1 is 1.21 bits per heavy atom. The van der Waals surface area contributed by atoms with Gasteiger partial charge in [-0.15, -0.1) is 10.2 Å². The molecule has 0 fully saturated rings. The number of fused-ring (bicyclic) bond motifs is 1. The first kappa shape index (κ1) is 18.4. The quantitative estimate of drug-likeness (QED) is 0.528. The minimum Gasteiger partial charge on any atom is -0.497 e. The molecule has 7 nitrogen and oxygen atoms in total. The van der Waals surface area contributed by atoms with E-state index in [1.807, 2.05) is 47.4 Å². The van der Waals surface area contributed by atoms with Gasteiger partial charge in [-0.3, -0.25) is 4.79 Å². The first-order valence-corrected chi connectivity index (χ1v) is 9.94. The number of ether oxygens (including phenoxy) is 1. The van der Waals surface area contributed by atoms with Crippen LogP contribution in [0, 0.1) is 0 Å². The first-order chi connectivity index (χ1) is 13.6. The third-order valence-corrected chi connectivity index (χ3v) is 5.74. The van der Waals surface area contributed by atoms with E-state index in [2.05, 4.69) is 23.2 Å². The minimum absolute atomic E-state index is 0.0384. The fraction of sp³-hybridized carbons (Fsp3) is 0.250. The molecule has 0 saturated carbocycles. The lowest BCUT2D eigenvalue weighted by Crippen LogP contribution is -2.37. The summed E-state index contributed by atoms with van der Waals surface area (Å²) in [7, 11) is 1.62. The smallest absolute Gasteiger partial charge is 0.237 e. The summed E-state index contributed by atoms with van der Waals surface area (Å²) >= 11 is 1.29. The molecule has 144 valence electrons. The Balaban J connectivity index is 1.47. The Bertz CT molecular complexity index is 1000. The molecule has 0 radical (unpaired) electrons. The summed E-state index contributed by atoms with van der Waals surface area (Å²) < 4.78 is 6.59. The Labute approximate surface area is 167 Å². The van der Waals surface area contributed by atoms with Gasteiger partial charge in [0.1, 0.15) is 5.75 Å². The number of nitrogen functional groups attached to an aromatic ring is 1. The van der Waals surface area contributed by atoms with Gasteiger partial charge in [0.05, 0.1) is 12.9 Å². The van der Waals surface area contributed by atoms with E-state index in [0.29, 0.717) is 11.0 Å². The fourth-order valence-corrected chi connectivity index (χ4v) is 4.17. The van der Waals surface area contributed by atoms with E-state index < -0.39 is 0 Å². The van der Waals surface area contributed by atoms with Crippen LogP contribution in [-0.4, -0.2) is 39.7 Å². The molecule has 0 spiro atoms. The lowest BCUT2D eigenvalue weighted by Gasteiger charge is -2.22. The zero-order valence-corrected chi connectivity index (χ0v) is 16.5. The zero-order chi connectivity index (χ0) is 19.7. The van der Waals surface area contributed by atoms with Gasteiger partial charge in [0.25, 0.3) is 0 Å².